The quantitative estimate of drug-likeness (QED) is 0.742. The van der Waals surface area contributed by atoms with E-state index in [1.807, 2.05) is 0 Å². The number of nitrogens with one attached hydrogen (secondary N) is 2. The van der Waals surface area contributed by atoms with E-state index < -0.39 is 0 Å². The molecule has 0 aliphatic carbocycles. The molecule has 1 saturated heterocycles. The van der Waals surface area contributed by atoms with Crippen molar-refractivity contribution in [1.82, 2.24) is 15.3 Å². The maximum atomic E-state index is 11.6. The van der Waals surface area contributed by atoms with Gasteiger partial charge in [0.15, 0.2) is 0 Å². The van der Waals surface area contributed by atoms with E-state index in [2.05, 4.69) is 20.6 Å². The number of hydrogen-bond donors (Lipinski definition) is 2. The first-order chi connectivity index (χ1) is 7.36. The van der Waals surface area contributed by atoms with E-state index in [9.17, 15) is 4.79 Å². The number of carbonyl (C=O) groups is 1. The van der Waals surface area contributed by atoms with Gasteiger partial charge in [-0.2, -0.15) is 0 Å². The molecule has 0 spiro atoms. The van der Waals surface area contributed by atoms with Gasteiger partial charge in [0.25, 0.3) is 0 Å². The average molecular weight is 206 g/mol. The van der Waals surface area contributed by atoms with Crippen molar-refractivity contribution in [2.75, 3.05) is 11.9 Å². The summed E-state index contributed by atoms with van der Waals surface area (Å²) in [5.74, 6) is 0.555. The van der Waals surface area contributed by atoms with Crippen LogP contribution in [0.3, 0.4) is 0 Å². The number of rotatable bonds is 2. The summed E-state index contributed by atoms with van der Waals surface area (Å²) in [7, 11) is 0. The second kappa shape index (κ2) is 4.72. The molecule has 0 aromatic carbocycles. The molecule has 1 aromatic heterocycles. The van der Waals surface area contributed by atoms with Gasteiger partial charge in [0.2, 0.25) is 11.9 Å². The van der Waals surface area contributed by atoms with Gasteiger partial charge in [0.1, 0.15) is 6.04 Å². The van der Waals surface area contributed by atoms with Gasteiger partial charge >= 0.3 is 0 Å². The van der Waals surface area contributed by atoms with E-state index in [0.717, 1.165) is 25.8 Å². The van der Waals surface area contributed by atoms with E-state index >= 15 is 0 Å². The summed E-state index contributed by atoms with van der Waals surface area (Å²) >= 11 is 0. The molecule has 0 unspecified atom stereocenters. The monoisotopic (exact) mass is 206 g/mol. The summed E-state index contributed by atoms with van der Waals surface area (Å²) in [5.41, 5.74) is 0. The minimum Gasteiger partial charge on any atom is -0.354 e. The lowest BCUT2D eigenvalue weighted by Gasteiger charge is -2.14. The number of aromatic nitrogens is 2. The third-order valence-corrected chi connectivity index (χ3v) is 2.40. The summed E-state index contributed by atoms with van der Waals surface area (Å²) in [5, 5.41) is 5.89. The van der Waals surface area contributed by atoms with Crippen LogP contribution in [-0.2, 0) is 4.79 Å². The zero-order valence-electron chi connectivity index (χ0n) is 8.44. The molecule has 1 fully saturated rings. The van der Waals surface area contributed by atoms with Crippen LogP contribution in [0.2, 0.25) is 0 Å². The molecule has 5 nitrogen and oxygen atoms in total. The first kappa shape index (κ1) is 9.89. The second-order valence-corrected chi connectivity index (χ2v) is 3.56. The molecule has 1 aromatic rings. The largest absolute Gasteiger partial charge is 0.354 e. The normalized spacial score (nSPS) is 21.6. The zero-order valence-corrected chi connectivity index (χ0v) is 8.44. The molecule has 1 amide bonds. The third-order valence-electron chi connectivity index (χ3n) is 2.40. The maximum Gasteiger partial charge on any atom is 0.242 e. The number of amides is 1. The Bertz CT molecular complexity index is 327. The van der Waals surface area contributed by atoms with Crippen LogP contribution in [0.1, 0.15) is 19.3 Å². The summed E-state index contributed by atoms with van der Waals surface area (Å²) in [6.07, 6.45) is 6.24. The Morgan fingerprint density at radius 3 is 2.93 bits per heavy atom. The lowest BCUT2D eigenvalue weighted by molar-refractivity contribution is -0.121. The summed E-state index contributed by atoms with van der Waals surface area (Å²) in [6.45, 7) is 0.770. The van der Waals surface area contributed by atoms with Crippen molar-refractivity contribution >= 4 is 11.9 Å². The Hall–Kier alpha value is -1.65. The van der Waals surface area contributed by atoms with E-state index in [1.54, 1.807) is 18.5 Å². The first-order valence-corrected chi connectivity index (χ1v) is 5.17. The van der Waals surface area contributed by atoms with Crippen LogP contribution in [0, 0.1) is 0 Å². The standard InChI is InChI=1S/C10H14N4O/c15-9-8(4-1-2-5-11-9)14-10-12-6-3-7-13-10/h3,6-8H,1-2,4-5H2,(H,11,15)(H,12,13,14)/t8-/m0/s1. The summed E-state index contributed by atoms with van der Waals surface area (Å²) in [4.78, 5) is 19.7. The van der Waals surface area contributed by atoms with Crippen LogP contribution in [0.4, 0.5) is 5.95 Å². The Kier molecular flexibility index (Phi) is 3.11. The lowest BCUT2D eigenvalue weighted by Crippen LogP contribution is -2.38. The number of carbonyl (C=O) groups excluding carboxylic acids is 1. The average Bonchev–Trinajstić information content (AvgIpc) is 2.46. The highest BCUT2D eigenvalue weighted by Crippen LogP contribution is 2.09. The van der Waals surface area contributed by atoms with Crippen molar-refractivity contribution < 1.29 is 4.79 Å². The molecule has 2 rings (SSSR count). The van der Waals surface area contributed by atoms with Crippen molar-refractivity contribution in [3.05, 3.63) is 18.5 Å². The van der Waals surface area contributed by atoms with Crippen LogP contribution in [-0.4, -0.2) is 28.5 Å². The molecule has 2 N–H and O–H groups in total. The van der Waals surface area contributed by atoms with Crippen molar-refractivity contribution in [2.24, 2.45) is 0 Å². The molecule has 0 radical (unpaired) electrons. The fourth-order valence-corrected chi connectivity index (χ4v) is 1.61. The molecular weight excluding hydrogens is 192 g/mol. The van der Waals surface area contributed by atoms with Gasteiger partial charge in [-0.3, -0.25) is 4.79 Å². The van der Waals surface area contributed by atoms with Gasteiger partial charge in [-0.25, -0.2) is 9.97 Å². The summed E-state index contributed by atoms with van der Waals surface area (Å²) in [6, 6.07) is 1.55. The second-order valence-electron chi connectivity index (χ2n) is 3.56. The Labute approximate surface area is 88.3 Å². The predicted octanol–water partition coefficient (Wildman–Crippen LogP) is 0.557. The van der Waals surface area contributed by atoms with Crippen LogP contribution >= 0.6 is 0 Å². The van der Waals surface area contributed by atoms with E-state index in [-0.39, 0.29) is 11.9 Å². The topological polar surface area (TPSA) is 66.9 Å². The zero-order chi connectivity index (χ0) is 10.5. The van der Waals surface area contributed by atoms with E-state index in [4.69, 9.17) is 0 Å². The number of nitrogens with zero attached hydrogens (tertiary/aromatic N) is 2. The minimum atomic E-state index is -0.199. The van der Waals surface area contributed by atoms with Crippen LogP contribution < -0.4 is 10.6 Å². The predicted molar refractivity (Wildman–Crippen MR) is 56.3 cm³/mol. The van der Waals surface area contributed by atoms with Crippen LogP contribution in [0.5, 0.6) is 0 Å². The molecule has 15 heavy (non-hydrogen) atoms. The minimum absolute atomic E-state index is 0.0416. The maximum absolute atomic E-state index is 11.6. The molecule has 80 valence electrons. The highest BCUT2D eigenvalue weighted by Gasteiger charge is 2.20. The van der Waals surface area contributed by atoms with E-state index in [1.165, 1.54) is 0 Å². The smallest absolute Gasteiger partial charge is 0.242 e. The molecule has 0 bridgehead atoms. The molecular formula is C10H14N4O. The molecule has 2 heterocycles. The molecule has 5 heteroatoms. The number of hydrogen-bond acceptors (Lipinski definition) is 4. The molecule has 1 aliphatic rings. The van der Waals surface area contributed by atoms with Crippen molar-refractivity contribution in [3.8, 4) is 0 Å². The molecule has 1 aliphatic heterocycles. The SMILES string of the molecule is O=C1NCCCC[C@@H]1Nc1ncccn1. The lowest BCUT2D eigenvalue weighted by atomic mass is 10.1. The summed E-state index contributed by atoms with van der Waals surface area (Å²) < 4.78 is 0. The van der Waals surface area contributed by atoms with Gasteiger partial charge in [-0.15, -0.1) is 0 Å². The van der Waals surface area contributed by atoms with Gasteiger partial charge in [0.05, 0.1) is 0 Å². The Balaban J connectivity index is 2.01. The van der Waals surface area contributed by atoms with Gasteiger partial charge < -0.3 is 10.6 Å². The van der Waals surface area contributed by atoms with Crippen LogP contribution in [0.15, 0.2) is 18.5 Å². The van der Waals surface area contributed by atoms with Gasteiger partial charge in [0, 0.05) is 18.9 Å². The fourth-order valence-electron chi connectivity index (χ4n) is 1.61. The number of anilines is 1. The van der Waals surface area contributed by atoms with E-state index in [0.29, 0.717) is 5.95 Å². The van der Waals surface area contributed by atoms with Gasteiger partial charge in [-0.1, -0.05) is 0 Å². The highest BCUT2D eigenvalue weighted by molar-refractivity contribution is 5.84. The highest BCUT2D eigenvalue weighted by atomic mass is 16.2. The molecule has 0 saturated carbocycles. The first-order valence-electron chi connectivity index (χ1n) is 5.17. The van der Waals surface area contributed by atoms with Crippen molar-refractivity contribution in [1.29, 1.82) is 0 Å². The third kappa shape index (κ3) is 2.65. The molecule has 1 atom stereocenters. The van der Waals surface area contributed by atoms with Crippen LogP contribution in [0.25, 0.3) is 0 Å². The Morgan fingerprint density at radius 2 is 2.13 bits per heavy atom. The van der Waals surface area contributed by atoms with Gasteiger partial charge in [-0.05, 0) is 25.3 Å². The fraction of sp³-hybridized carbons (Fsp3) is 0.500. The Morgan fingerprint density at radius 1 is 1.33 bits per heavy atom. The van der Waals surface area contributed by atoms with Crippen molar-refractivity contribution in [3.63, 3.8) is 0 Å². The van der Waals surface area contributed by atoms with Crippen molar-refractivity contribution in [2.45, 2.75) is 25.3 Å².